The molecule has 2 N–H and O–H groups in total. The Morgan fingerprint density at radius 3 is 2.38 bits per heavy atom. The second kappa shape index (κ2) is 10.4. The molecule has 198 valence electrons. The van der Waals surface area contributed by atoms with Crippen LogP contribution < -0.4 is 10.6 Å². The quantitative estimate of drug-likeness (QED) is 0.278. The molecule has 1 aliphatic heterocycles. The van der Waals surface area contributed by atoms with Crippen molar-refractivity contribution in [1.29, 1.82) is 0 Å². The van der Waals surface area contributed by atoms with Crippen molar-refractivity contribution in [2.75, 3.05) is 5.32 Å². The van der Waals surface area contributed by atoms with Crippen LogP contribution in [0.1, 0.15) is 42.7 Å². The predicted molar refractivity (Wildman–Crippen MR) is 142 cm³/mol. The third-order valence-electron chi connectivity index (χ3n) is 7.04. The summed E-state index contributed by atoms with van der Waals surface area (Å²) in [5.74, 6) is -4.17. The molecule has 2 unspecified atom stereocenters. The van der Waals surface area contributed by atoms with Crippen LogP contribution in [0, 0.1) is 21.7 Å². The fraction of sp³-hybridized carbons (Fsp3) is 0.172. The van der Waals surface area contributed by atoms with E-state index in [9.17, 15) is 28.5 Å². The molecule has 2 aliphatic rings. The average molecular weight is 550 g/mol. The van der Waals surface area contributed by atoms with Crippen LogP contribution in [-0.2, 0) is 9.59 Å². The minimum Gasteiger partial charge on any atom is -0.362 e. The number of para-hydroxylation sites is 1. The van der Waals surface area contributed by atoms with Gasteiger partial charge >= 0.3 is 0 Å². The Morgan fingerprint density at radius 2 is 1.72 bits per heavy atom. The van der Waals surface area contributed by atoms with E-state index in [0.717, 1.165) is 17.7 Å². The lowest BCUT2D eigenvalue weighted by Crippen LogP contribution is -2.37. The molecule has 10 heteroatoms. The molecule has 1 aliphatic carbocycles. The smallest absolute Gasteiger partial charge is 0.288 e. The zero-order chi connectivity index (χ0) is 27.8. The molecule has 1 heterocycles. The highest BCUT2D eigenvalue weighted by Gasteiger charge is 2.41. The van der Waals surface area contributed by atoms with Gasteiger partial charge in [-0.3, -0.25) is 19.7 Å². The van der Waals surface area contributed by atoms with Gasteiger partial charge in [-0.05, 0) is 48.6 Å². The van der Waals surface area contributed by atoms with E-state index in [1.165, 1.54) is 24.3 Å². The molecule has 0 spiro atoms. The van der Waals surface area contributed by atoms with Gasteiger partial charge in [0.1, 0.15) is 22.3 Å². The van der Waals surface area contributed by atoms with E-state index >= 15 is 0 Å². The molecule has 0 aromatic heterocycles. The van der Waals surface area contributed by atoms with Gasteiger partial charge in [0.25, 0.3) is 11.6 Å². The van der Waals surface area contributed by atoms with Gasteiger partial charge in [0.15, 0.2) is 5.78 Å². The summed E-state index contributed by atoms with van der Waals surface area (Å²) in [4.78, 5) is 38.3. The monoisotopic (exact) mass is 549 g/mol. The molecule has 3 aromatic carbocycles. The summed E-state index contributed by atoms with van der Waals surface area (Å²) in [5, 5.41) is 17.0. The summed E-state index contributed by atoms with van der Waals surface area (Å²) < 4.78 is 28.8. The molecule has 2 atom stereocenters. The summed E-state index contributed by atoms with van der Waals surface area (Å²) in [5.41, 5.74) is 1.48. The fourth-order valence-electron chi connectivity index (χ4n) is 5.28. The largest absolute Gasteiger partial charge is 0.362 e. The second-order valence-electron chi connectivity index (χ2n) is 9.45. The molecule has 39 heavy (non-hydrogen) atoms. The van der Waals surface area contributed by atoms with E-state index in [0.29, 0.717) is 17.8 Å². The number of nitrogens with zero attached hydrogens (tertiary/aromatic N) is 1. The summed E-state index contributed by atoms with van der Waals surface area (Å²) in [6, 6.07) is 16.8. The minimum absolute atomic E-state index is 0.0135. The molecule has 7 nitrogen and oxygen atoms in total. The van der Waals surface area contributed by atoms with Crippen LogP contribution in [0.4, 0.5) is 20.2 Å². The summed E-state index contributed by atoms with van der Waals surface area (Å²) in [6.45, 7) is 1.62. The lowest BCUT2D eigenvalue weighted by atomic mass is 9.71. The maximum absolute atomic E-state index is 14.4. The first-order valence-corrected chi connectivity index (χ1v) is 12.5. The summed E-state index contributed by atoms with van der Waals surface area (Å²) in [7, 11) is 0. The summed E-state index contributed by atoms with van der Waals surface area (Å²) in [6.07, 6.45) is 0.623. The van der Waals surface area contributed by atoms with Gasteiger partial charge in [0.05, 0.1) is 4.92 Å². The highest BCUT2D eigenvalue weighted by atomic mass is 35.5. The summed E-state index contributed by atoms with van der Waals surface area (Å²) >= 11 is 6.05. The molecular weight excluding hydrogens is 528 g/mol. The van der Waals surface area contributed by atoms with Gasteiger partial charge in [0, 0.05) is 40.9 Å². The molecule has 0 saturated carbocycles. The Kier molecular flexibility index (Phi) is 7.01. The first kappa shape index (κ1) is 26.2. The molecule has 5 rings (SSSR count). The first-order valence-electron chi connectivity index (χ1n) is 12.1. The van der Waals surface area contributed by atoms with Gasteiger partial charge in [-0.25, -0.2) is 8.78 Å². The van der Waals surface area contributed by atoms with Gasteiger partial charge in [-0.2, -0.15) is 0 Å². The zero-order valence-corrected chi connectivity index (χ0v) is 21.4. The molecule has 3 aromatic rings. The fourth-order valence-corrected chi connectivity index (χ4v) is 5.47. The van der Waals surface area contributed by atoms with Crippen molar-refractivity contribution in [3.05, 3.63) is 127 Å². The second-order valence-corrected chi connectivity index (χ2v) is 9.85. The molecule has 1 amide bonds. The number of carbonyl (C=O) groups is 2. The van der Waals surface area contributed by atoms with E-state index in [1.807, 2.05) is 30.3 Å². The van der Waals surface area contributed by atoms with Gasteiger partial charge < -0.3 is 10.6 Å². The number of hydrogen-bond donors (Lipinski definition) is 2. The molecule has 0 fully saturated rings. The number of benzene rings is 3. The third-order valence-corrected chi connectivity index (χ3v) is 7.36. The third kappa shape index (κ3) is 4.93. The van der Waals surface area contributed by atoms with Crippen molar-refractivity contribution in [3.63, 3.8) is 0 Å². The van der Waals surface area contributed by atoms with Gasteiger partial charge in [0.2, 0.25) is 0 Å². The maximum Gasteiger partial charge on any atom is 0.288 e. The Balaban J connectivity index is 1.63. The number of allylic oxidation sites excluding steroid dienone is 3. The Bertz CT molecular complexity index is 1570. The highest BCUT2D eigenvalue weighted by molar-refractivity contribution is 6.32. The van der Waals surface area contributed by atoms with Crippen LogP contribution in [0.25, 0.3) is 0 Å². The average Bonchev–Trinajstić information content (AvgIpc) is 2.90. The zero-order valence-electron chi connectivity index (χ0n) is 20.6. The first-order chi connectivity index (χ1) is 18.7. The van der Waals surface area contributed by atoms with Crippen LogP contribution in [0.5, 0.6) is 0 Å². The number of amides is 1. The van der Waals surface area contributed by atoms with E-state index < -0.39 is 39.8 Å². The van der Waals surface area contributed by atoms with E-state index in [2.05, 4.69) is 10.6 Å². The number of Topliss-reactive ketones (excluding diaryl/α,β-unsaturated/α-hetero) is 1. The number of hydrogen-bond acceptors (Lipinski definition) is 5. The van der Waals surface area contributed by atoms with Gasteiger partial charge in [-0.1, -0.05) is 54.1 Å². The number of dihydropyridines is 1. The van der Waals surface area contributed by atoms with Crippen LogP contribution in [0.15, 0.2) is 89.3 Å². The number of carbonyl (C=O) groups excluding carboxylic acids is 2. The van der Waals surface area contributed by atoms with E-state index in [1.54, 1.807) is 6.92 Å². The SMILES string of the molecule is CC1=C(C(=O)Nc2c(F)cccc2F)C(c2ccc(Cl)c([N+](=O)[O-])c2)C2=C(CC(c3ccccc3)CC2=O)N1. The van der Waals surface area contributed by atoms with E-state index in [4.69, 9.17) is 11.6 Å². The van der Waals surface area contributed by atoms with Gasteiger partial charge in [-0.15, -0.1) is 0 Å². The van der Waals surface area contributed by atoms with Crippen LogP contribution >= 0.6 is 11.6 Å². The van der Waals surface area contributed by atoms with Crippen molar-refractivity contribution in [3.8, 4) is 0 Å². The molecule has 0 bridgehead atoms. The number of nitro benzene ring substituents is 1. The lowest BCUT2D eigenvalue weighted by molar-refractivity contribution is -0.384. The standard InChI is InChI=1S/C29H22ClF2N3O4/c1-15-25(29(37)34-28-20(31)8-5-9-21(28)32)26(17-10-11-19(30)23(13-17)35(38)39)27-22(33-15)12-18(14-24(27)36)16-6-3-2-4-7-16/h2-11,13,18,26,33H,12,14H2,1H3,(H,34,37). The predicted octanol–water partition coefficient (Wildman–Crippen LogP) is 6.53. The van der Waals surface area contributed by atoms with Crippen LogP contribution in [0.2, 0.25) is 5.02 Å². The number of nitrogens with one attached hydrogen (secondary N) is 2. The van der Waals surface area contributed by atoms with Crippen LogP contribution in [-0.4, -0.2) is 16.6 Å². The molecular formula is C29H22ClF2N3O4. The highest BCUT2D eigenvalue weighted by Crippen LogP contribution is 2.46. The molecule has 0 radical (unpaired) electrons. The maximum atomic E-state index is 14.4. The number of rotatable bonds is 5. The van der Waals surface area contributed by atoms with Crippen molar-refractivity contribution >= 4 is 34.7 Å². The van der Waals surface area contributed by atoms with Crippen LogP contribution in [0.3, 0.4) is 0 Å². The lowest BCUT2D eigenvalue weighted by Gasteiger charge is -2.37. The van der Waals surface area contributed by atoms with E-state index in [-0.39, 0.29) is 39.9 Å². The Labute approximate surface area is 227 Å². The topological polar surface area (TPSA) is 101 Å². The van der Waals surface area contributed by atoms with Crippen molar-refractivity contribution < 1.29 is 23.3 Å². The minimum atomic E-state index is -1.03. The van der Waals surface area contributed by atoms with Crippen molar-refractivity contribution in [1.82, 2.24) is 5.32 Å². The normalized spacial score (nSPS) is 18.9. The Hall–Kier alpha value is -4.37. The number of ketones is 1. The number of nitro groups is 1. The van der Waals surface area contributed by atoms with Crippen molar-refractivity contribution in [2.24, 2.45) is 0 Å². The molecule has 0 saturated heterocycles. The Morgan fingerprint density at radius 1 is 1.03 bits per heavy atom. The van der Waals surface area contributed by atoms with Crippen molar-refractivity contribution in [2.45, 2.75) is 31.6 Å². The number of anilines is 1. The number of halogens is 3.